The number of esters is 1. The molecule has 1 atom stereocenters. The van der Waals surface area contributed by atoms with Crippen molar-refractivity contribution >= 4 is 5.97 Å². The molecule has 0 aromatic rings. The molecule has 2 nitrogen and oxygen atoms in total. The second kappa shape index (κ2) is 7.60. The van der Waals surface area contributed by atoms with E-state index < -0.39 is 0 Å². The van der Waals surface area contributed by atoms with Crippen LogP contribution in [0.3, 0.4) is 0 Å². The van der Waals surface area contributed by atoms with Crippen LogP contribution in [0.25, 0.3) is 0 Å². The standard InChI is InChI=1S/C12H22O2/c1-5-12(13)14-8-6-7-11(4)9-10(2)3/h5,10-11H,1,6-9H2,2-4H3. The van der Waals surface area contributed by atoms with Gasteiger partial charge in [-0.1, -0.05) is 27.4 Å². The zero-order valence-electron chi connectivity index (χ0n) is 9.58. The predicted molar refractivity (Wildman–Crippen MR) is 59.0 cm³/mol. The zero-order chi connectivity index (χ0) is 11.0. The fraction of sp³-hybridized carbons (Fsp3) is 0.750. The van der Waals surface area contributed by atoms with Crippen molar-refractivity contribution < 1.29 is 9.53 Å². The Morgan fingerprint density at radius 1 is 1.43 bits per heavy atom. The number of hydrogen-bond donors (Lipinski definition) is 0. The third-order valence-corrected chi connectivity index (χ3v) is 2.13. The molecule has 14 heavy (non-hydrogen) atoms. The summed E-state index contributed by atoms with van der Waals surface area (Å²) in [6, 6.07) is 0. The average molecular weight is 198 g/mol. The van der Waals surface area contributed by atoms with Gasteiger partial charge in [-0.2, -0.15) is 0 Å². The Morgan fingerprint density at radius 2 is 2.07 bits per heavy atom. The molecule has 2 heteroatoms. The van der Waals surface area contributed by atoms with Crippen LogP contribution in [0, 0.1) is 11.8 Å². The van der Waals surface area contributed by atoms with E-state index in [1.54, 1.807) is 0 Å². The topological polar surface area (TPSA) is 26.3 Å². The fourth-order valence-corrected chi connectivity index (χ4v) is 1.59. The molecule has 0 heterocycles. The first-order valence-corrected chi connectivity index (χ1v) is 5.35. The Kier molecular flexibility index (Phi) is 7.17. The largest absolute Gasteiger partial charge is 0.463 e. The molecule has 0 N–H and O–H groups in total. The van der Waals surface area contributed by atoms with Crippen LogP contribution in [-0.2, 0) is 9.53 Å². The van der Waals surface area contributed by atoms with Crippen LogP contribution in [0.2, 0.25) is 0 Å². The maximum absolute atomic E-state index is 10.7. The highest BCUT2D eigenvalue weighted by Gasteiger charge is 2.05. The lowest BCUT2D eigenvalue weighted by atomic mass is 9.95. The minimum atomic E-state index is -0.318. The quantitative estimate of drug-likeness (QED) is 0.357. The highest BCUT2D eigenvalue weighted by atomic mass is 16.5. The van der Waals surface area contributed by atoms with E-state index in [1.807, 2.05) is 0 Å². The third kappa shape index (κ3) is 7.84. The molecular formula is C12H22O2. The summed E-state index contributed by atoms with van der Waals surface area (Å²) in [5.74, 6) is 1.15. The normalized spacial score (nSPS) is 12.6. The number of ether oxygens (including phenoxy) is 1. The van der Waals surface area contributed by atoms with Crippen molar-refractivity contribution in [1.82, 2.24) is 0 Å². The van der Waals surface area contributed by atoms with Crippen molar-refractivity contribution in [3.8, 4) is 0 Å². The van der Waals surface area contributed by atoms with Crippen molar-refractivity contribution in [2.45, 2.75) is 40.0 Å². The SMILES string of the molecule is C=CC(=O)OCCCC(C)CC(C)C. The molecule has 0 rings (SSSR count). The Hall–Kier alpha value is -0.790. The minimum absolute atomic E-state index is 0.318. The molecule has 0 bridgehead atoms. The molecule has 0 spiro atoms. The number of rotatable bonds is 7. The van der Waals surface area contributed by atoms with E-state index in [9.17, 15) is 4.79 Å². The smallest absolute Gasteiger partial charge is 0.330 e. The van der Waals surface area contributed by atoms with Crippen LogP contribution >= 0.6 is 0 Å². The van der Waals surface area contributed by atoms with Gasteiger partial charge in [0.1, 0.15) is 0 Å². The first-order valence-electron chi connectivity index (χ1n) is 5.35. The molecule has 0 amide bonds. The van der Waals surface area contributed by atoms with Crippen molar-refractivity contribution in [3.05, 3.63) is 12.7 Å². The summed E-state index contributed by atoms with van der Waals surface area (Å²) in [5, 5.41) is 0. The van der Waals surface area contributed by atoms with Gasteiger partial charge in [-0.15, -0.1) is 0 Å². The van der Waals surface area contributed by atoms with E-state index in [4.69, 9.17) is 4.74 Å². The van der Waals surface area contributed by atoms with Gasteiger partial charge in [-0.05, 0) is 31.1 Å². The monoisotopic (exact) mass is 198 g/mol. The van der Waals surface area contributed by atoms with Crippen LogP contribution in [-0.4, -0.2) is 12.6 Å². The van der Waals surface area contributed by atoms with E-state index in [0.29, 0.717) is 6.61 Å². The van der Waals surface area contributed by atoms with Gasteiger partial charge in [0.2, 0.25) is 0 Å². The molecule has 0 radical (unpaired) electrons. The maximum Gasteiger partial charge on any atom is 0.330 e. The van der Waals surface area contributed by atoms with Gasteiger partial charge in [0.05, 0.1) is 6.61 Å². The van der Waals surface area contributed by atoms with Gasteiger partial charge in [-0.25, -0.2) is 4.79 Å². The van der Waals surface area contributed by atoms with Crippen LogP contribution in [0.15, 0.2) is 12.7 Å². The molecular weight excluding hydrogens is 176 g/mol. The lowest BCUT2D eigenvalue weighted by molar-refractivity contribution is -0.137. The van der Waals surface area contributed by atoms with Gasteiger partial charge in [0, 0.05) is 6.08 Å². The summed E-state index contributed by atoms with van der Waals surface area (Å²) in [5.41, 5.74) is 0. The summed E-state index contributed by atoms with van der Waals surface area (Å²) in [6.07, 6.45) is 4.53. The Morgan fingerprint density at radius 3 is 2.57 bits per heavy atom. The first kappa shape index (κ1) is 13.2. The van der Waals surface area contributed by atoms with Gasteiger partial charge in [0.15, 0.2) is 0 Å². The van der Waals surface area contributed by atoms with Gasteiger partial charge in [-0.3, -0.25) is 0 Å². The van der Waals surface area contributed by atoms with Crippen LogP contribution in [0.4, 0.5) is 0 Å². The zero-order valence-corrected chi connectivity index (χ0v) is 9.58. The second-order valence-corrected chi connectivity index (χ2v) is 4.25. The van der Waals surface area contributed by atoms with Gasteiger partial charge in [0.25, 0.3) is 0 Å². The summed E-state index contributed by atoms with van der Waals surface area (Å²) >= 11 is 0. The molecule has 0 aromatic carbocycles. The van der Waals surface area contributed by atoms with E-state index in [0.717, 1.165) is 24.7 Å². The van der Waals surface area contributed by atoms with Crippen molar-refractivity contribution in [3.63, 3.8) is 0 Å². The van der Waals surface area contributed by atoms with Crippen LogP contribution in [0.5, 0.6) is 0 Å². The van der Waals surface area contributed by atoms with E-state index in [1.165, 1.54) is 12.5 Å². The lowest BCUT2D eigenvalue weighted by Gasteiger charge is -2.13. The minimum Gasteiger partial charge on any atom is -0.463 e. The van der Waals surface area contributed by atoms with Crippen LogP contribution in [0.1, 0.15) is 40.0 Å². The molecule has 0 aliphatic rings. The summed E-state index contributed by atoms with van der Waals surface area (Å²) < 4.78 is 4.89. The Bertz CT molecular complexity index is 173. The van der Waals surface area contributed by atoms with Crippen LogP contribution < -0.4 is 0 Å². The molecule has 0 saturated heterocycles. The van der Waals surface area contributed by atoms with Gasteiger partial charge >= 0.3 is 5.97 Å². The van der Waals surface area contributed by atoms with E-state index in [-0.39, 0.29) is 5.97 Å². The number of hydrogen-bond acceptors (Lipinski definition) is 2. The fourth-order valence-electron chi connectivity index (χ4n) is 1.59. The second-order valence-electron chi connectivity index (χ2n) is 4.25. The third-order valence-electron chi connectivity index (χ3n) is 2.13. The van der Waals surface area contributed by atoms with E-state index >= 15 is 0 Å². The molecule has 82 valence electrons. The lowest BCUT2D eigenvalue weighted by Crippen LogP contribution is -2.05. The Balaban J connectivity index is 3.35. The highest BCUT2D eigenvalue weighted by molar-refractivity contribution is 5.81. The molecule has 0 aliphatic carbocycles. The van der Waals surface area contributed by atoms with Crippen molar-refractivity contribution in [2.75, 3.05) is 6.61 Å². The molecule has 0 aromatic heterocycles. The maximum atomic E-state index is 10.7. The number of carbonyl (C=O) groups excluding carboxylic acids is 1. The van der Waals surface area contributed by atoms with E-state index in [2.05, 4.69) is 27.4 Å². The molecule has 1 unspecified atom stereocenters. The molecule has 0 aliphatic heterocycles. The summed E-state index contributed by atoms with van der Waals surface area (Å²) in [7, 11) is 0. The van der Waals surface area contributed by atoms with Crippen molar-refractivity contribution in [1.29, 1.82) is 0 Å². The predicted octanol–water partition coefficient (Wildman–Crippen LogP) is 3.18. The van der Waals surface area contributed by atoms with Crippen molar-refractivity contribution in [2.24, 2.45) is 11.8 Å². The summed E-state index contributed by atoms with van der Waals surface area (Å²) in [4.78, 5) is 10.7. The molecule has 0 fully saturated rings. The number of carbonyl (C=O) groups is 1. The summed E-state index contributed by atoms with van der Waals surface area (Å²) in [6.45, 7) is 10.6. The first-order chi connectivity index (χ1) is 6.56. The average Bonchev–Trinajstić information content (AvgIpc) is 2.10. The highest BCUT2D eigenvalue weighted by Crippen LogP contribution is 2.15. The van der Waals surface area contributed by atoms with Gasteiger partial charge < -0.3 is 4.74 Å². The molecule has 0 saturated carbocycles. The Labute approximate surface area is 87.3 Å².